The van der Waals surface area contributed by atoms with Gasteiger partial charge in [0.1, 0.15) is 4.83 Å². The molecule has 2 N–H and O–H groups in total. The monoisotopic (exact) mass is 407 g/mol. The molecule has 1 aliphatic carbocycles. The largest absolute Gasteiger partial charge is 0.352 e. The number of hydrogen-bond acceptors (Lipinski definition) is 5. The molecule has 0 saturated heterocycles. The molecule has 0 unspecified atom stereocenters. The van der Waals surface area contributed by atoms with Gasteiger partial charge in [-0.2, -0.15) is 0 Å². The van der Waals surface area contributed by atoms with Gasteiger partial charge in [0, 0.05) is 10.9 Å². The van der Waals surface area contributed by atoms with Gasteiger partial charge in [-0.05, 0) is 44.6 Å². The van der Waals surface area contributed by atoms with Crippen molar-refractivity contribution in [3.63, 3.8) is 0 Å². The number of rotatable bonds is 7. The van der Waals surface area contributed by atoms with Crippen molar-refractivity contribution in [2.24, 2.45) is 5.92 Å². The minimum atomic E-state index is -0.285. The third kappa shape index (κ3) is 4.74. The molecule has 0 aliphatic heterocycles. The molecule has 2 aromatic rings. The van der Waals surface area contributed by atoms with Gasteiger partial charge in [-0.3, -0.25) is 9.59 Å². The Bertz CT molecular complexity index is 868. The quantitative estimate of drug-likeness (QED) is 0.526. The Morgan fingerprint density at radius 2 is 2.07 bits per heavy atom. The highest BCUT2D eigenvalue weighted by Crippen LogP contribution is 2.31. The molecule has 2 heterocycles. The molecule has 2 atom stereocenters. The number of thiophene rings is 1. The average molecular weight is 408 g/mol. The molecule has 27 heavy (non-hydrogen) atoms. The first-order valence-electron chi connectivity index (χ1n) is 9.88. The summed E-state index contributed by atoms with van der Waals surface area (Å²) in [5, 5.41) is 4.08. The summed E-state index contributed by atoms with van der Waals surface area (Å²) < 4.78 is 0. The summed E-state index contributed by atoms with van der Waals surface area (Å²) in [5.41, 5.74) is 1.04. The lowest BCUT2D eigenvalue weighted by molar-refractivity contribution is -0.120. The summed E-state index contributed by atoms with van der Waals surface area (Å²) in [5.74, 6) is 0.559. The molecule has 0 aromatic carbocycles. The highest BCUT2D eigenvalue weighted by atomic mass is 32.2. The van der Waals surface area contributed by atoms with Gasteiger partial charge in [0.15, 0.2) is 5.16 Å². The highest BCUT2D eigenvalue weighted by molar-refractivity contribution is 8.00. The van der Waals surface area contributed by atoms with Crippen molar-refractivity contribution in [3.8, 4) is 0 Å². The van der Waals surface area contributed by atoms with Crippen molar-refractivity contribution in [2.45, 2.75) is 82.7 Å². The van der Waals surface area contributed by atoms with E-state index in [0.717, 1.165) is 46.3 Å². The first kappa shape index (κ1) is 20.4. The van der Waals surface area contributed by atoms with Gasteiger partial charge in [-0.1, -0.05) is 44.9 Å². The maximum Gasteiger partial charge on any atom is 0.260 e. The van der Waals surface area contributed by atoms with Crippen molar-refractivity contribution in [2.75, 3.05) is 0 Å². The second kappa shape index (κ2) is 8.78. The summed E-state index contributed by atoms with van der Waals surface area (Å²) in [7, 11) is 0. The number of H-pyrrole nitrogens is 1. The lowest BCUT2D eigenvalue weighted by Gasteiger charge is -2.15. The summed E-state index contributed by atoms with van der Waals surface area (Å²) in [4.78, 5) is 34.6. The van der Waals surface area contributed by atoms with E-state index >= 15 is 0 Å². The van der Waals surface area contributed by atoms with Crippen LogP contribution in [-0.2, 0) is 11.2 Å². The number of hydrogen-bond donors (Lipinski definition) is 2. The molecular formula is C20H29N3O2S2. The second-order valence-corrected chi connectivity index (χ2v) is 10.2. The number of fused-ring (bicyclic) bond motifs is 1. The van der Waals surface area contributed by atoms with Crippen LogP contribution < -0.4 is 10.9 Å². The fraction of sp³-hybridized carbons (Fsp3) is 0.650. The van der Waals surface area contributed by atoms with Crippen molar-refractivity contribution < 1.29 is 4.79 Å². The zero-order chi connectivity index (χ0) is 19.6. The van der Waals surface area contributed by atoms with E-state index in [1.54, 1.807) is 11.3 Å². The first-order chi connectivity index (χ1) is 12.9. The highest BCUT2D eigenvalue weighted by Gasteiger charge is 2.23. The lowest BCUT2D eigenvalue weighted by atomic mass is 9.98. The Morgan fingerprint density at radius 3 is 2.74 bits per heavy atom. The van der Waals surface area contributed by atoms with Gasteiger partial charge in [-0.25, -0.2) is 4.98 Å². The van der Waals surface area contributed by atoms with Gasteiger partial charge in [0.25, 0.3) is 5.56 Å². The van der Waals surface area contributed by atoms with E-state index in [4.69, 9.17) is 0 Å². The van der Waals surface area contributed by atoms with Gasteiger partial charge in [0.2, 0.25) is 5.91 Å². The number of thioether (sulfide) groups is 1. The third-order valence-electron chi connectivity index (χ3n) is 5.45. The molecule has 7 heteroatoms. The van der Waals surface area contributed by atoms with Crippen LogP contribution >= 0.6 is 23.1 Å². The predicted octanol–water partition coefficient (Wildman–Crippen LogP) is 4.42. The van der Waals surface area contributed by atoms with Crippen LogP contribution in [0.1, 0.15) is 63.3 Å². The molecule has 5 nitrogen and oxygen atoms in total. The molecule has 3 rings (SSSR count). The zero-order valence-electron chi connectivity index (χ0n) is 16.6. The Hall–Kier alpha value is -1.34. The van der Waals surface area contributed by atoms with Crippen LogP contribution in [0.15, 0.2) is 9.95 Å². The summed E-state index contributed by atoms with van der Waals surface area (Å²) in [6.45, 7) is 8.31. The molecule has 0 spiro atoms. The van der Waals surface area contributed by atoms with Gasteiger partial charge < -0.3 is 10.3 Å². The third-order valence-corrected chi connectivity index (χ3v) is 7.48. The number of carbonyl (C=O) groups excluding carboxylic acids is 1. The fourth-order valence-corrected chi connectivity index (χ4v) is 5.48. The molecule has 1 aliphatic rings. The molecule has 148 valence electrons. The van der Waals surface area contributed by atoms with Crippen LogP contribution in [0.2, 0.25) is 0 Å². The van der Waals surface area contributed by atoms with Crippen LogP contribution in [0.25, 0.3) is 10.2 Å². The number of nitrogens with zero attached hydrogens (tertiary/aromatic N) is 1. The zero-order valence-corrected chi connectivity index (χ0v) is 18.2. The fourth-order valence-electron chi connectivity index (χ4n) is 3.56. The van der Waals surface area contributed by atoms with E-state index in [1.165, 1.54) is 24.6 Å². The summed E-state index contributed by atoms with van der Waals surface area (Å²) in [6, 6.07) is 0.304. The number of amides is 1. The van der Waals surface area contributed by atoms with Gasteiger partial charge >= 0.3 is 0 Å². The maximum absolute atomic E-state index is 12.7. The number of carbonyl (C=O) groups is 1. The van der Waals surface area contributed by atoms with E-state index < -0.39 is 0 Å². The van der Waals surface area contributed by atoms with Crippen LogP contribution in [0.4, 0.5) is 0 Å². The Kier molecular flexibility index (Phi) is 6.63. The number of aryl methyl sites for hydroxylation is 1. The molecule has 0 radical (unpaired) electrons. The molecule has 0 bridgehead atoms. The predicted molar refractivity (Wildman–Crippen MR) is 114 cm³/mol. The van der Waals surface area contributed by atoms with Crippen LogP contribution in [0.5, 0.6) is 0 Å². The van der Waals surface area contributed by atoms with Crippen LogP contribution in [0.3, 0.4) is 0 Å². The van der Waals surface area contributed by atoms with Gasteiger partial charge in [0.05, 0.1) is 10.6 Å². The normalized spacial score (nSPS) is 17.3. The van der Waals surface area contributed by atoms with E-state index in [0.29, 0.717) is 17.1 Å². The number of nitrogens with one attached hydrogen (secondary N) is 2. The first-order valence-corrected chi connectivity index (χ1v) is 11.6. The SMILES string of the molecule is CC[C@H](C)Cc1c(C)sc2nc(S[C@H](C)C(=O)NC3CCCC3)[nH]c(=O)c12. The topological polar surface area (TPSA) is 74.8 Å². The van der Waals surface area contributed by atoms with E-state index in [-0.39, 0.29) is 16.7 Å². The van der Waals surface area contributed by atoms with Crippen molar-refractivity contribution in [1.82, 2.24) is 15.3 Å². The summed E-state index contributed by atoms with van der Waals surface area (Å²) in [6.07, 6.45) is 6.50. The smallest absolute Gasteiger partial charge is 0.260 e. The van der Waals surface area contributed by atoms with Crippen LogP contribution in [-0.4, -0.2) is 27.2 Å². The van der Waals surface area contributed by atoms with Crippen LogP contribution in [0, 0.1) is 12.8 Å². The van der Waals surface area contributed by atoms with Gasteiger partial charge in [-0.15, -0.1) is 11.3 Å². The van der Waals surface area contributed by atoms with Crippen molar-refractivity contribution in [3.05, 3.63) is 20.8 Å². The second-order valence-electron chi connectivity index (χ2n) is 7.66. The minimum Gasteiger partial charge on any atom is -0.352 e. The van der Waals surface area contributed by atoms with Crippen molar-refractivity contribution in [1.29, 1.82) is 0 Å². The average Bonchev–Trinajstić information content (AvgIpc) is 3.23. The standard InChI is InChI=1S/C20H29N3O2S2/c1-5-11(2)10-15-12(3)26-19-16(15)18(25)22-20(23-19)27-13(4)17(24)21-14-8-6-7-9-14/h11,13-14H,5-10H2,1-4H3,(H,21,24)(H,22,23,25)/t11-,13+/m0/s1. The molecule has 1 fully saturated rings. The molecule has 2 aromatic heterocycles. The van der Waals surface area contributed by atoms with E-state index in [2.05, 4.69) is 36.1 Å². The van der Waals surface area contributed by atoms with E-state index in [1.807, 2.05) is 6.92 Å². The minimum absolute atomic E-state index is 0.0227. The Balaban J connectivity index is 1.77. The Labute approximate surface area is 168 Å². The maximum atomic E-state index is 12.7. The summed E-state index contributed by atoms with van der Waals surface area (Å²) >= 11 is 2.90. The number of aromatic amines is 1. The molecular weight excluding hydrogens is 378 g/mol. The number of aromatic nitrogens is 2. The molecule has 1 saturated carbocycles. The molecule has 1 amide bonds. The van der Waals surface area contributed by atoms with E-state index in [9.17, 15) is 9.59 Å². The Morgan fingerprint density at radius 1 is 1.37 bits per heavy atom. The van der Waals surface area contributed by atoms with Crippen molar-refractivity contribution >= 4 is 39.2 Å². The lowest BCUT2D eigenvalue weighted by Crippen LogP contribution is -2.37.